The van der Waals surface area contributed by atoms with Crippen molar-refractivity contribution in [1.29, 1.82) is 0 Å². The second-order valence-corrected chi connectivity index (χ2v) is 9.65. The van der Waals surface area contributed by atoms with Crippen molar-refractivity contribution in [1.82, 2.24) is 0 Å². The Labute approximate surface area is 207 Å². The van der Waals surface area contributed by atoms with Crippen LogP contribution in [0.25, 0.3) is 11.1 Å². The van der Waals surface area contributed by atoms with Gasteiger partial charge in [-0.05, 0) is 68.1 Å². The molecule has 1 amide bonds. The monoisotopic (exact) mass is 505 g/mol. The number of nitrogens with one attached hydrogen (secondary N) is 1. The van der Waals surface area contributed by atoms with Gasteiger partial charge in [-0.1, -0.05) is 35.3 Å². The Bertz CT molecular complexity index is 1170. The molecular formula is C25H25Cl2NO4S. The second kappa shape index (κ2) is 11.1. The van der Waals surface area contributed by atoms with Gasteiger partial charge >= 0.3 is 5.97 Å². The molecule has 0 spiro atoms. The van der Waals surface area contributed by atoms with Gasteiger partial charge < -0.3 is 14.8 Å². The largest absolute Gasteiger partial charge is 0.494 e. The average molecular weight is 506 g/mol. The van der Waals surface area contributed by atoms with Gasteiger partial charge in [-0.25, -0.2) is 4.79 Å². The molecule has 0 atom stereocenters. The van der Waals surface area contributed by atoms with E-state index in [1.165, 1.54) is 18.4 Å². The fraction of sp³-hybridized carbons (Fsp3) is 0.280. The van der Waals surface area contributed by atoms with E-state index in [1.54, 1.807) is 12.1 Å². The highest BCUT2D eigenvalue weighted by Crippen LogP contribution is 2.41. The third-order valence-electron chi connectivity index (χ3n) is 5.07. The molecule has 2 aromatic carbocycles. The Balaban J connectivity index is 1.68. The summed E-state index contributed by atoms with van der Waals surface area (Å²) in [5.41, 5.74) is 3.73. The first-order chi connectivity index (χ1) is 15.7. The van der Waals surface area contributed by atoms with Crippen LogP contribution in [0, 0.1) is 20.8 Å². The lowest BCUT2D eigenvalue weighted by Gasteiger charge is -2.10. The topological polar surface area (TPSA) is 64.6 Å². The van der Waals surface area contributed by atoms with Crippen LogP contribution in [0.15, 0.2) is 36.4 Å². The standard InChI is InChI=1S/C25H25Cl2NO4S/c1-14-11-19(12-15(2)23(14)27)32-10-6-9-20(29)28-24-22(25(30)31-4)21(16(3)33-24)17-7-5-8-18(26)13-17/h5,7-8,11-13H,6,9-10H2,1-4H3,(H,28,29). The van der Waals surface area contributed by atoms with Gasteiger partial charge in [0.15, 0.2) is 0 Å². The molecule has 5 nitrogen and oxygen atoms in total. The summed E-state index contributed by atoms with van der Waals surface area (Å²) in [5, 5.41) is 4.62. The number of amides is 1. The molecule has 0 aliphatic heterocycles. The molecule has 3 rings (SSSR count). The van der Waals surface area contributed by atoms with Crippen molar-refractivity contribution in [2.75, 3.05) is 19.0 Å². The SMILES string of the molecule is COC(=O)c1c(NC(=O)CCCOc2cc(C)c(Cl)c(C)c2)sc(C)c1-c1cccc(Cl)c1. The molecule has 0 saturated heterocycles. The van der Waals surface area contributed by atoms with Gasteiger partial charge in [0.1, 0.15) is 16.3 Å². The smallest absolute Gasteiger partial charge is 0.341 e. The van der Waals surface area contributed by atoms with Gasteiger partial charge in [0.2, 0.25) is 5.91 Å². The summed E-state index contributed by atoms with van der Waals surface area (Å²) in [6.07, 6.45) is 0.765. The number of rotatable bonds is 8. The zero-order chi connectivity index (χ0) is 24.1. The highest BCUT2D eigenvalue weighted by atomic mass is 35.5. The summed E-state index contributed by atoms with van der Waals surface area (Å²) in [5.74, 6) is 0.00961. The van der Waals surface area contributed by atoms with E-state index in [9.17, 15) is 9.59 Å². The average Bonchev–Trinajstić information content (AvgIpc) is 3.09. The van der Waals surface area contributed by atoms with Crippen LogP contribution in [-0.2, 0) is 9.53 Å². The lowest BCUT2D eigenvalue weighted by Crippen LogP contribution is -2.15. The molecule has 3 aromatic rings. The van der Waals surface area contributed by atoms with Crippen LogP contribution in [0.3, 0.4) is 0 Å². The van der Waals surface area contributed by atoms with Crippen molar-refractivity contribution in [2.45, 2.75) is 33.6 Å². The van der Waals surface area contributed by atoms with Crippen LogP contribution >= 0.6 is 34.5 Å². The van der Waals surface area contributed by atoms with E-state index in [1.807, 2.05) is 45.0 Å². The number of methoxy groups -OCH3 is 1. The van der Waals surface area contributed by atoms with Crippen molar-refractivity contribution in [3.63, 3.8) is 0 Å². The molecule has 0 fully saturated rings. The minimum atomic E-state index is -0.513. The van der Waals surface area contributed by atoms with Crippen LogP contribution < -0.4 is 10.1 Å². The molecule has 8 heteroatoms. The van der Waals surface area contributed by atoms with Crippen LogP contribution in [0.1, 0.15) is 39.2 Å². The third-order valence-corrected chi connectivity index (χ3v) is 6.92. The predicted molar refractivity (Wildman–Crippen MR) is 135 cm³/mol. The zero-order valence-electron chi connectivity index (χ0n) is 18.9. The number of carbonyl (C=O) groups is 2. The molecule has 0 aliphatic rings. The number of ether oxygens (including phenoxy) is 2. The maximum absolute atomic E-state index is 12.6. The van der Waals surface area contributed by atoms with E-state index in [0.29, 0.717) is 34.2 Å². The van der Waals surface area contributed by atoms with Gasteiger partial charge in [-0.3, -0.25) is 4.79 Å². The molecule has 33 heavy (non-hydrogen) atoms. The number of anilines is 1. The number of esters is 1. The first-order valence-corrected chi connectivity index (χ1v) is 12.0. The van der Waals surface area contributed by atoms with Crippen molar-refractivity contribution < 1.29 is 19.1 Å². The fourth-order valence-electron chi connectivity index (χ4n) is 3.52. The van der Waals surface area contributed by atoms with E-state index in [-0.39, 0.29) is 12.3 Å². The number of aryl methyl sites for hydroxylation is 3. The Morgan fingerprint density at radius 1 is 1.06 bits per heavy atom. The molecule has 1 aromatic heterocycles. The molecule has 0 radical (unpaired) electrons. The minimum absolute atomic E-state index is 0.203. The maximum atomic E-state index is 12.6. The summed E-state index contributed by atoms with van der Waals surface area (Å²) in [6, 6.07) is 11.0. The summed E-state index contributed by atoms with van der Waals surface area (Å²) < 4.78 is 10.8. The summed E-state index contributed by atoms with van der Waals surface area (Å²) in [6.45, 7) is 6.13. The van der Waals surface area contributed by atoms with Gasteiger partial charge in [-0.15, -0.1) is 11.3 Å². The minimum Gasteiger partial charge on any atom is -0.494 e. The van der Waals surface area contributed by atoms with Gasteiger partial charge in [0, 0.05) is 26.9 Å². The van der Waals surface area contributed by atoms with Crippen molar-refractivity contribution >= 4 is 51.4 Å². The normalized spacial score (nSPS) is 10.7. The highest BCUT2D eigenvalue weighted by Gasteiger charge is 2.25. The molecule has 0 bridgehead atoms. The molecular weight excluding hydrogens is 481 g/mol. The lowest BCUT2D eigenvalue weighted by molar-refractivity contribution is -0.116. The van der Waals surface area contributed by atoms with Gasteiger partial charge in [0.25, 0.3) is 0 Å². The Hall–Kier alpha value is -2.54. The van der Waals surface area contributed by atoms with Crippen LogP contribution in [0.4, 0.5) is 5.00 Å². The fourth-order valence-corrected chi connectivity index (χ4v) is 4.90. The number of hydrogen-bond acceptors (Lipinski definition) is 5. The molecule has 0 unspecified atom stereocenters. The molecule has 1 N–H and O–H groups in total. The number of hydrogen-bond donors (Lipinski definition) is 1. The van der Waals surface area contributed by atoms with Crippen LogP contribution in [0.5, 0.6) is 5.75 Å². The Morgan fingerprint density at radius 2 is 1.76 bits per heavy atom. The highest BCUT2D eigenvalue weighted by molar-refractivity contribution is 7.17. The third kappa shape index (κ3) is 6.08. The van der Waals surface area contributed by atoms with Crippen molar-refractivity contribution in [3.8, 4) is 16.9 Å². The van der Waals surface area contributed by atoms with Crippen LogP contribution in [-0.4, -0.2) is 25.6 Å². The number of carbonyl (C=O) groups excluding carboxylic acids is 2. The summed E-state index contributed by atoms with van der Waals surface area (Å²) in [7, 11) is 1.32. The first-order valence-electron chi connectivity index (χ1n) is 10.4. The first kappa shape index (κ1) is 25.1. The van der Waals surface area contributed by atoms with E-state index in [4.69, 9.17) is 32.7 Å². The lowest BCUT2D eigenvalue weighted by atomic mass is 10.0. The number of thiophene rings is 1. The maximum Gasteiger partial charge on any atom is 0.341 e. The number of halogens is 2. The Morgan fingerprint density at radius 3 is 2.39 bits per heavy atom. The quantitative estimate of drug-likeness (QED) is 0.259. The molecule has 0 aliphatic carbocycles. The van der Waals surface area contributed by atoms with E-state index in [0.717, 1.165) is 32.3 Å². The number of benzene rings is 2. The molecule has 0 saturated carbocycles. The summed E-state index contributed by atoms with van der Waals surface area (Å²) >= 11 is 13.7. The van der Waals surface area contributed by atoms with Crippen molar-refractivity contribution in [2.24, 2.45) is 0 Å². The molecule has 174 valence electrons. The zero-order valence-corrected chi connectivity index (χ0v) is 21.2. The summed E-state index contributed by atoms with van der Waals surface area (Å²) in [4.78, 5) is 26.1. The van der Waals surface area contributed by atoms with E-state index < -0.39 is 5.97 Å². The molecule has 1 heterocycles. The van der Waals surface area contributed by atoms with Gasteiger partial charge in [-0.2, -0.15) is 0 Å². The predicted octanol–water partition coefficient (Wildman–Crippen LogP) is 7.23. The second-order valence-electron chi connectivity index (χ2n) is 7.61. The van der Waals surface area contributed by atoms with E-state index >= 15 is 0 Å². The van der Waals surface area contributed by atoms with Gasteiger partial charge in [0.05, 0.1) is 13.7 Å². The Kier molecular flexibility index (Phi) is 8.40. The van der Waals surface area contributed by atoms with Crippen LogP contribution in [0.2, 0.25) is 10.0 Å². The van der Waals surface area contributed by atoms with E-state index in [2.05, 4.69) is 5.32 Å². The van der Waals surface area contributed by atoms with Crippen molar-refractivity contribution in [3.05, 3.63) is 68.0 Å².